The van der Waals surface area contributed by atoms with Gasteiger partial charge in [-0.15, -0.1) is 21.5 Å². The quantitative estimate of drug-likeness (QED) is 0.0632. The molecule has 0 spiro atoms. The van der Waals surface area contributed by atoms with Crippen LogP contribution in [0.4, 0.5) is 10.7 Å². The molecule has 11 nitrogen and oxygen atoms in total. The second kappa shape index (κ2) is 13.6. The molecule has 2 aromatic heterocycles. The Kier molecular flexibility index (Phi) is 9.97. The van der Waals surface area contributed by atoms with Gasteiger partial charge in [0.2, 0.25) is 0 Å². The highest BCUT2D eigenvalue weighted by Crippen LogP contribution is 2.36. The van der Waals surface area contributed by atoms with Crippen LogP contribution in [-0.2, 0) is 16.1 Å². The molecule has 0 unspecified atom stereocenters. The molecule has 220 valence electrons. The summed E-state index contributed by atoms with van der Waals surface area (Å²) < 4.78 is 7.00. The van der Waals surface area contributed by atoms with Gasteiger partial charge in [-0.3, -0.25) is 14.9 Å². The molecule has 4 aromatic rings. The Morgan fingerprint density at radius 1 is 1.23 bits per heavy atom. The van der Waals surface area contributed by atoms with Crippen molar-refractivity contribution < 1.29 is 19.2 Å². The van der Waals surface area contributed by atoms with Crippen molar-refractivity contribution in [3.63, 3.8) is 0 Å². The number of nitrogens with zero attached hydrogens (tertiary/aromatic N) is 5. The van der Waals surface area contributed by atoms with Gasteiger partial charge in [0.1, 0.15) is 16.6 Å². The Balaban J connectivity index is 1.72. The van der Waals surface area contributed by atoms with Crippen LogP contribution in [0.2, 0.25) is 5.02 Å². The number of halogens is 1. The molecule has 1 amide bonds. The van der Waals surface area contributed by atoms with E-state index in [-0.39, 0.29) is 34.0 Å². The minimum absolute atomic E-state index is 0.156. The van der Waals surface area contributed by atoms with Crippen LogP contribution in [0.5, 0.6) is 0 Å². The van der Waals surface area contributed by atoms with Crippen molar-refractivity contribution in [1.29, 1.82) is 5.26 Å². The summed E-state index contributed by atoms with van der Waals surface area (Å²) in [7, 11) is 0. The highest BCUT2D eigenvalue weighted by Gasteiger charge is 2.24. The Bertz CT molecular complexity index is 1810. The largest absolute Gasteiger partial charge is 0.462 e. The summed E-state index contributed by atoms with van der Waals surface area (Å²) in [6.07, 6.45) is 1.27. The number of ether oxygens (including phenoxy) is 1. The van der Waals surface area contributed by atoms with Gasteiger partial charge in [-0.25, -0.2) is 4.79 Å². The average molecular weight is 637 g/mol. The van der Waals surface area contributed by atoms with Crippen molar-refractivity contribution in [1.82, 2.24) is 14.8 Å². The topological polar surface area (TPSA) is 153 Å². The number of carbonyl (C=O) groups is 2. The fourth-order valence-corrected chi connectivity index (χ4v) is 6.29. The molecular weight excluding hydrogens is 612 g/mol. The highest BCUT2D eigenvalue weighted by atomic mass is 35.5. The number of amides is 1. The van der Waals surface area contributed by atoms with E-state index in [1.807, 2.05) is 23.6 Å². The van der Waals surface area contributed by atoms with Gasteiger partial charge in [0.05, 0.1) is 17.1 Å². The van der Waals surface area contributed by atoms with Crippen LogP contribution in [0.3, 0.4) is 0 Å². The minimum Gasteiger partial charge on any atom is -0.462 e. The Morgan fingerprint density at radius 3 is 2.65 bits per heavy atom. The lowest BCUT2D eigenvalue weighted by molar-refractivity contribution is -0.384. The Labute approximate surface area is 260 Å². The van der Waals surface area contributed by atoms with Crippen molar-refractivity contribution in [2.75, 3.05) is 11.9 Å². The van der Waals surface area contributed by atoms with E-state index < -0.39 is 16.8 Å². The normalized spacial score (nSPS) is 11.2. The van der Waals surface area contributed by atoms with E-state index >= 15 is 0 Å². The summed E-state index contributed by atoms with van der Waals surface area (Å²) in [6.45, 7) is 7.83. The molecule has 0 saturated carbocycles. The number of thiophene rings is 1. The maximum absolute atomic E-state index is 13.3. The number of hydrogen-bond acceptors (Lipinski definition) is 10. The number of benzene rings is 2. The summed E-state index contributed by atoms with van der Waals surface area (Å²) >= 11 is 8.53. The third kappa shape index (κ3) is 6.94. The number of aromatic nitrogens is 3. The zero-order valence-corrected chi connectivity index (χ0v) is 25.9. The van der Waals surface area contributed by atoms with Gasteiger partial charge in [-0.2, -0.15) is 5.26 Å². The number of rotatable bonds is 10. The van der Waals surface area contributed by atoms with Crippen LogP contribution in [0, 0.1) is 35.3 Å². The monoisotopic (exact) mass is 636 g/mol. The lowest BCUT2D eigenvalue weighted by atomic mass is 10.1. The zero-order valence-electron chi connectivity index (χ0n) is 23.5. The van der Waals surface area contributed by atoms with E-state index in [0.29, 0.717) is 33.0 Å². The zero-order chi connectivity index (χ0) is 31.3. The number of nitrogens with one attached hydrogen (secondary N) is 1. The Morgan fingerprint density at radius 2 is 2.00 bits per heavy atom. The molecule has 0 radical (unpaired) electrons. The third-order valence-corrected chi connectivity index (χ3v) is 8.71. The van der Waals surface area contributed by atoms with Crippen molar-refractivity contribution in [3.8, 4) is 17.5 Å². The molecule has 14 heteroatoms. The molecule has 0 aliphatic rings. The van der Waals surface area contributed by atoms with Crippen molar-refractivity contribution in [2.24, 2.45) is 0 Å². The summed E-state index contributed by atoms with van der Waals surface area (Å²) in [4.78, 5) is 38.1. The number of nitro benzene ring substituents is 1. The molecule has 4 rings (SSSR count). The van der Waals surface area contributed by atoms with Crippen LogP contribution in [-0.4, -0.2) is 38.2 Å². The first kappa shape index (κ1) is 31.4. The minimum atomic E-state index is -0.781. The summed E-state index contributed by atoms with van der Waals surface area (Å²) in [5.74, 6) is -0.782. The van der Waals surface area contributed by atoms with Gasteiger partial charge < -0.3 is 14.6 Å². The molecule has 2 aromatic carbocycles. The Hall–Kier alpha value is -4.51. The van der Waals surface area contributed by atoms with Gasteiger partial charge in [0.25, 0.3) is 11.6 Å². The predicted molar refractivity (Wildman–Crippen MR) is 165 cm³/mol. The van der Waals surface area contributed by atoms with E-state index in [1.54, 1.807) is 39.0 Å². The van der Waals surface area contributed by atoms with E-state index in [9.17, 15) is 25.0 Å². The molecule has 0 fully saturated rings. The van der Waals surface area contributed by atoms with Gasteiger partial charge in [-0.05, 0) is 74.9 Å². The van der Waals surface area contributed by atoms with Gasteiger partial charge in [-0.1, -0.05) is 23.7 Å². The summed E-state index contributed by atoms with van der Waals surface area (Å²) in [5.41, 5.74) is 1.36. The summed E-state index contributed by atoms with van der Waals surface area (Å²) in [5, 5.41) is 34.1. The van der Waals surface area contributed by atoms with Crippen LogP contribution in [0.1, 0.15) is 40.2 Å². The van der Waals surface area contributed by atoms with Gasteiger partial charge in [0, 0.05) is 39.0 Å². The molecule has 0 bridgehead atoms. The fraction of sp³-hybridized carbons (Fsp3) is 0.207. The average Bonchev–Trinajstić information content (AvgIpc) is 3.51. The van der Waals surface area contributed by atoms with Crippen LogP contribution in [0.25, 0.3) is 17.5 Å². The van der Waals surface area contributed by atoms with E-state index in [2.05, 4.69) is 15.5 Å². The molecule has 0 saturated heterocycles. The van der Waals surface area contributed by atoms with E-state index in [4.69, 9.17) is 16.3 Å². The smallest absolute Gasteiger partial charge is 0.341 e. The molecule has 0 aliphatic carbocycles. The molecule has 2 heterocycles. The molecule has 0 atom stereocenters. The van der Waals surface area contributed by atoms with Gasteiger partial charge >= 0.3 is 5.97 Å². The van der Waals surface area contributed by atoms with Gasteiger partial charge in [0.15, 0.2) is 11.0 Å². The van der Waals surface area contributed by atoms with Crippen molar-refractivity contribution >= 4 is 63.3 Å². The lowest BCUT2D eigenvalue weighted by Crippen LogP contribution is -2.16. The van der Waals surface area contributed by atoms with E-state index in [0.717, 1.165) is 10.4 Å². The van der Waals surface area contributed by atoms with Crippen molar-refractivity contribution in [3.05, 3.63) is 84.7 Å². The summed E-state index contributed by atoms with van der Waals surface area (Å²) in [6, 6.07) is 13.2. The van der Waals surface area contributed by atoms with E-state index in [1.165, 1.54) is 47.4 Å². The molecule has 43 heavy (non-hydrogen) atoms. The SMILES string of the molecule is CCOC(=O)c1c(NC(=O)C(C#N)=Cc2cc([N+](=O)[O-])ccc2Sc2nnc(-c3cccc(Cl)c3)n2CC)sc(C)c1C. The maximum atomic E-state index is 13.3. The number of hydrogen-bond donors (Lipinski definition) is 1. The number of carbonyl (C=O) groups excluding carboxylic acids is 2. The van der Waals surface area contributed by atoms with Crippen molar-refractivity contribution in [2.45, 2.75) is 44.3 Å². The highest BCUT2D eigenvalue weighted by molar-refractivity contribution is 7.99. The second-order valence-electron chi connectivity index (χ2n) is 8.97. The first-order chi connectivity index (χ1) is 20.6. The maximum Gasteiger partial charge on any atom is 0.341 e. The standard InChI is InChI=1S/C29H25ClN6O5S2/c1-5-35-25(18-8-7-9-21(30)13-18)33-34-29(35)43-23-11-10-22(36(39)40)14-19(23)12-20(15-31)26(37)32-27-24(28(38)41-6-2)16(3)17(4)42-27/h7-14H,5-6H2,1-4H3,(H,32,37). The number of aryl methyl sites for hydroxylation is 1. The fourth-order valence-electron chi connectivity index (χ4n) is 4.08. The second-order valence-corrected chi connectivity index (χ2v) is 11.6. The van der Waals surface area contributed by atoms with Crippen LogP contribution >= 0.6 is 34.7 Å². The molecule has 0 aliphatic heterocycles. The lowest BCUT2D eigenvalue weighted by Gasteiger charge is -2.10. The number of esters is 1. The first-order valence-electron chi connectivity index (χ1n) is 12.9. The number of non-ortho nitro benzene ring substituents is 1. The first-order valence-corrected chi connectivity index (χ1v) is 14.9. The predicted octanol–water partition coefficient (Wildman–Crippen LogP) is 7.08. The number of anilines is 1. The number of nitro groups is 1. The number of nitriles is 1. The third-order valence-electron chi connectivity index (χ3n) is 6.28. The molecular formula is C29H25ClN6O5S2. The van der Waals surface area contributed by atoms with Crippen LogP contribution in [0.15, 0.2) is 58.1 Å². The van der Waals surface area contributed by atoms with Crippen LogP contribution < -0.4 is 5.32 Å². The molecule has 1 N–H and O–H groups in total.